The Morgan fingerprint density at radius 1 is 1.07 bits per heavy atom. The largest absolute Gasteiger partial charge is 0.450 e. The van der Waals surface area contributed by atoms with E-state index in [1.807, 2.05) is 11.0 Å². The molecule has 3 rings (SSSR count). The van der Waals surface area contributed by atoms with E-state index in [0.29, 0.717) is 44.5 Å². The maximum Gasteiger partial charge on any atom is 0.409 e. The van der Waals surface area contributed by atoms with Crippen molar-refractivity contribution < 1.29 is 14.3 Å². The standard InChI is InChI=1S/C19H29N5O3/c1-3-15-7-5-6-10-24(15)18(25)16-8-9-17(21-20-16)22-11-13-23(14-12-22)19(26)27-4-2/h8-9,15H,3-7,10-14H2,1-2H3. The Bertz CT molecular complexity index is 643. The van der Waals surface area contributed by atoms with Crippen molar-refractivity contribution in [2.45, 2.75) is 45.6 Å². The van der Waals surface area contributed by atoms with Crippen LogP contribution in [0.3, 0.4) is 0 Å². The molecule has 2 fully saturated rings. The van der Waals surface area contributed by atoms with Gasteiger partial charge in [-0.25, -0.2) is 4.79 Å². The zero-order valence-corrected chi connectivity index (χ0v) is 16.3. The van der Waals surface area contributed by atoms with E-state index < -0.39 is 0 Å². The van der Waals surface area contributed by atoms with Crippen LogP contribution in [0.25, 0.3) is 0 Å². The topological polar surface area (TPSA) is 78.9 Å². The van der Waals surface area contributed by atoms with Crippen LogP contribution in [-0.4, -0.2) is 77.4 Å². The van der Waals surface area contributed by atoms with E-state index in [9.17, 15) is 9.59 Å². The molecule has 0 aromatic carbocycles. The third-order valence-corrected chi connectivity index (χ3v) is 5.36. The van der Waals surface area contributed by atoms with Crippen LogP contribution in [0.15, 0.2) is 12.1 Å². The highest BCUT2D eigenvalue weighted by molar-refractivity contribution is 5.92. The quantitative estimate of drug-likeness (QED) is 0.802. The molecule has 148 valence electrons. The summed E-state index contributed by atoms with van der Waals surface area (Å²) in [5.74, 6) is 0.716. The number of anilines is 1. The Hall–Kier alpha value is -2.38. The third-order valence-electron chi connectivity index (χ3n) is 5.36. The normalized spacial score (nSPS) is 20.5. The number of carbonyl (C=O) groups excluding carboxylic acids is 2. The molecule has 0 spiro atoms. The average Bonchev–Trinajstić information content (AvgIpc) is 2.73. The number of hydrogen-bond acceptors (Lipinski definition) is 6. The molecule has 8 nitrogen and oxygen atoms in total. The second-order valence-electron chi connectivity index (χ2n) is 7.01. The van der Waals surface area contributed by atoms with Crippen molar-refractivity contribution >= 4 is 17.8 Å². The van der Waals surface area contributed by atoms with Crippen LogP contribution in [0, 0.1) is 0 Å². The lowest BCUT2D eigenvalue weighted by molar-refractivity contribution is 0.0600. The molecular weight excluding hydrogens is 346 g/mol. The molecule has 0 radical (unpaired) electrons. The van der Waals surface area contributed by atoms with E-state index in [-0.39, 0.29) is 12.0 Å². The summed E-state index contributed by atoms with van der Waals surface area (Å²) in [4.78, 5) is 30.3. The van der Waals surface area contributed by atoms with Gasteiger partial charge in [0.2, 0.25) is 0 Å². The van der Waals surface area contributed by atoms with Crippen molar-refractivity contribution in [2.75, 3.05) is 44.2 Å². The van der Waals surface area contributed by atoms with Gasteiger partial charge in [0.05, 0.1) is 6.61 Å². The molecule has 8 heteroatoms. The summed E-state index contributed by atoms with van der Waals surface area (Å²) in [5, 5.41) is 8.46. The average molecular weight is 375 g/mol. The fourth-order valence-electron chi connectivity index (χ4n) is 3.78. The van der Waals surface area contributed by atoms with Gasteiger partial charge in [0.15, 0.2) is 11.5 Å². The number of piperazine rings is 1. The highest BCUT2D eigenvalue weighted by Gasteiger charge is 2.28. The van der Waals surface area contributed by atoms with Crippen LogP contribution >= 0.6 is 0 Å². The van der Waals surface area contributed by atoms with Crippen LogP contribution in [0.4, 0.5) is 10.6 Å². The van der Waals surface area contributed by atoms with E-state index in [1.54, 1.807) is 17.9 Å². The Morgan fingerprint density at radius 3 is 2.48 bits per heavy atom. The Morgan fingerprint density at radius 2 is 1.85 bits per heavy atom. The first-order valence-electron chi connectivity index (χ1n) is 9.95. The monoisotopic (exact) mass is 375 g/mol. The number of carbonyl (C=O) groups is 2. The summed E-state index contributed by atoms with van der Waals surface area (Å²) in [7, 11) is 0. The third kappa shape index (κ3) is 4.48. The molecule has 27 heavy (non-hydrogen) atoms. The SMILES string of the molecule is CCOC(=O)N1CCN(c2ccc(C(=O)N3CCCCC3CC)nn2)CC1. The Labute approximate surface area is 160 Å². The van der Waals surface area contributed by atoms with Gasteiger partial charge in [0, 0.05) is 38.8 Å². The molecule has 2 aliphatic heterocycles. The van der Waals surface area contributed by atoms with Crippen LogP contribution < -0.4 is 4.90 Å². The zero-order valence-electron chi connectivity index (χ0n) is 16.3. The molecule has 1 unspecified atom stereocenters. The smallest absolute Gasteiger partial charge is 0.409 e. The molecule has 1 atom stereocenters. The van der Waals surface area contributed by atoms with Crippen molar-refractivity contribution in [2.24, 2.45) is 0 Å². The molecule has 0 bridgehead atoms. The second-order valence-corrected chi connectivity index (χ2v) is 7.01. The van der Waals surface area contributed by atoms with Crippen molar-refractivity contribution in [3.05, 3.63) is 17.8 Å². The van der Waals surface area contributed by atoms with E-state index in [4.69, 9.17) is 4.74 Å². The van der Waals surface area contributed by atoms with Gasteiger partial charge >= 0.3 is 6.09 Å². The zero-order chi connectivity index (χ0) is 19.2. The molecule has 0 saturated carbocycles. The van der Waals surface area contributed by atoms with Gasteiger partial charge in [-0.3, -0.25) is 4.79 Å². The molecule has 2 aliphatic rings. The number of rotatable bonds is 4. The molecule has 3 heterocycles. The van der Waals surface area contributed by atoms with Gasteiger partial charge < -0.3 is 19.4 Å². The van der Waals surface area contributed by atoms with Crippen molar-refractivity contribution in [1.82, 2.24) is 20.0 Å². The highest BCUT2D eigenvalue weighted by atomic mass is 16.6. The van der Waals surface area contributed by atoms with Crippen LogP contribution in [0.2, 0.25) is 0 Å². The minimum absolute atomic E-state index is 0.0206. The van der Waals surface area contributed by atoms with Crippen LogP contribution in [0.1, 0.15) is 50.0 Å². The van der Waals surface area contributed by atoms with Gasteiger partial charge in [-0.1, -0.05) is 6.92 Å². The lowest BCUT2D eigenvalue weighted by Gasteiger charge is -2.35. The fraction of sp³-hybridized carbons (Fsp3) is 0.684. The molecule has 2 amide bonds. The van der Waals surface area contributed by atoms with Crippen molar-refractivity contribution in [3.63, 3.8) is 0 Å². The number of hydrogen-bond donors (Lipinski definition) is 0. The lowest BCUT2D eigenvalue weighted by Crippen LogP contribution is -2.49. The first kappa shape index (κ1) is 19.4. The summed E-state index contributed by atoms with van der Waals surface area (Å²) in [6.07, 6.45) is 4.01. The van der Waals surface area contributed by atoms with E-state index in [2.05, 4.69) is 22.0 Å². The van der Waals surface area contributed by atoms with Gasteiger partial charge in [0.25, 0.3) is 5.91 Å². The summed E-state index contributed by atoms with van der Waals surface area (Å²) in [6.45, 7) is 7.64. The minimum atomic E-state index is -0.267. The summed E-state index contributed by atoms with van der Waals surface area (Å²) >= 11 is 0. The fourth-order valence-corrected chi connectivity index (χ4v) is 3.78. The molecular formula is C19H29N5O3. The first-order chi connectivity index (χ1) is 13.1. The van der Waals surface area contributed by atoms with E-state index in [1.165, 1.54) is 6.42 Å². The number of likely N-dealkylation sites (tertiary alicyclic amines) is 1. The molecule has 0 N–H and O–H groups in total. The second kappa shape index (κ2) is 9.01. The molecule has 1 aromatic rings. The van der Waals surface area contributed by atoms with E-state index >= 15 is 0 Å². The van der Waals surface area contributed by atoms with Gasteiger partial charge in [-0.15, -0.1) is 10.2 Å². The predicted octanol–water partition coefficient (Wildman–Crippen LogP) is 2.16. The molecule has 1 aromatic heterocycles. The van der Waals surface area contributed by atoms with Gasteiger partial charge in [0.1, 0.15) is 0 Å². The predicted molar refractivity (Wildman–Crippen MR) is 102 cm³/mol. The molecule has 0 aliphatic carbocycles. The van der Waals surface area contributed by atoms with Gasteiger partial charge in [-0.05, 0) is 44.7 Å². The summed E-state index contributed by atoms with van der Waals surface area (Å²) < 4.78 is 5.04. The maximum atomic E-state index is 12.8. The number of nitrogens with zero attached hydrogens (tertiary/aromatic N) is 5. The number of piperidine rings is 1. The Kier molecular flexibility index (Phi) is 6.47. The Balaban J connectivity index is 1.59. The number of ether oxygens (including phenoxy) is 1. The lowest BCUT2D eigenvalue weighted by atomic mass is 9.99. The minimum Gasteiger partial charge on any atom is -0.450 e. The summed E-state index contributed by atoms with van der Waals surface area (Å²) in [6, 6.07) is 3.93. The number of aromatic nitrogens is 2. The van der Waals surface area contributed by atoms with E-state index in [0.717, 1.165) is 31.6 Å². The highest BCUT2D eigenvalue weighted by Crippen LogP contribution is 2.22. The molecule has 2 saturated heterocycles. The van der Waals surface area contributed by atoms with Crippen molar-refractivity contribution in [1.29, 1.82) is 0 Å². The van der Waals surface area contributed by atoms with Gasteiger partial charge in [-0.2, -0.15) is 0 Å². The van der Waals surface area contributed by atoms with Crippen LogP contribution in [-0.2, 0) is 4.74 Å². The number of amides is 2. The van der Waals surface area contributed by atoms with Crippen molar-refractivity contribution in [3.8, 4) is 0 Å². The first-order valence-corrected chi connectivity index (χ1v) is 9.95. The van der Waals surface area contributed by atoms with Crippen LogP contribution in [0.5, 0.6) is 0 Å². The maximum absolute atomic E-state index is 12.8. The summed E-state index contributed by atoms with van der Waals surface area (Å²) in [5.41, 5.74) is 0.407.